The molecule has 0 unspecified atom stereocenters. The average molecular weight is 189 g/mol. The van der Waals surface area contributed by atoms with Gasteiger partial charge in [0.15, 0.2) is 0 Å². The Morgan fingerprint density at radius 3 is 2.93 bits per heavy atom. The topological polar surface area (TPSA) is 61.8 Å². The van der Waals surface area contributed by atoms with Gasteiger partial charge < -0.3 is 10.1 Å². The number of aliphatic hydroxyl groups is 1. The molecule has 0 aliphatic heterocycles. The molecule has 0 spiro atoms. The second kappa shape index (κ2) is 4.02. The molecule has 0 fully saturated rings. The second-order valence-electron chi connectivity index (χ2n) is 3.05. The van der Waals surface area contributed by atoms with Crippen molar-refractivity contribution in [2.75, 3.05) is 0 Å². The molecule has 0 amide bonds. The molecule has 0 aliphatic carbocycles. The van der Waals surface area contributed by atoms with Gasteiger partial charge >= 0.3 is 0 Å². The first kappa shape index (κ1) is 8.90. The first-order valence-electron chi connectivity index (χ1n) is 4.41. The van der Waals surface area contributed by atoms with Crippen LogP contribution in [0, 0.1) is 0 Å². The van der Waals surface area contributed by atoms with E-state index in [9.17, 15) is 0 Å². The molecule has 0 saturated heterocycles. The van der Waals surface area contributed by atoms with E-state index in [1.165, 1.54) is 0 Å². The summed E-state index contributed by atoms with van der Waals surface area (Å²) >= 11 is 0. The highest BCUT2D eigenvalue weighted by atomic mass is 16.3. The van der Waals surface area contributed by atoms with Crippen LogP contribution in [0.5, 0.6) is 0 Å². The Hall–Kier alpha value is -1.68. The molecule has 0 saturated carbocycles. The Morgan fingerprint density at radius 1 is 1.36 bits per heavy atom. The smallest absolute Gasteiger partial charge is 0.110 e. The third-order valence-electron chi connectivity index (χ3n) is 1.95. The number of hydrogen-bond donors (Lipinski definition) is 2. The maximum absolute atomic E-state index is 8.83. The minimum absolute atomic E-state index is 0.0000394. The number of nitrogens with zero attached hydrogens (tertiary/aromatic N) is 2. The maximum Gasteiger partial charge on any atom is 0.110 e. The van der Waals surface area contributed by atoms with Gasteiger partial charge in [0.25, 0.3) is 0 Å². The normalized spacial score (nSPS) is 10.4. The quantitative estimate of drug-likeness (QED) is 0.753. The monoisotopic (exact) mass is 189 g/mol. The van der Waals surface area contributed by atoms with Gasteiger partial charge in [-0.25, -0.2) is 4.98 Å². The third-order valence-corrected chi connectivity index (χ3v) is 1.95. The predicted octanol–water partition coefficient (Wildman–Crippen LogP) is 0.888. The van der Waals surface area contributed by atoms with Crippen molar-refractivity contribution >= 4 is 0 Å². The lowest BCUT2D eigenvalue weighted by Gasteiger charge is -1.96. The molecule has 0 radical (unpaired) electrons. The van der Waals surface area contributed by atoms with E-state index >= 15 is 0 Å². The Bertz CT molecular complexity index is 397. The van der Waals surface area contributed by atoms with Gasteiger partial charge in [0, 0.05) is 18.8 Å². The van der Waals surface area contributed by atoms with Crippen LogP contribution in [0.25, 0.3) is 0 Å². The van der Waals surface area contributed by atoms with E-state index < -0.39 is 0 Å². The lowest BCUT2D eigenvalue weighted by molar-refractivity contribution is 0.277. The van der Waals surface area contributed by atoms with E-state index in [-0.39, 0.29) is 6.61 Å². The number of rotatable bonds is 3. The molecule has 0 bridgehead atoms. The van der Waals surface area contributed by atoms with E-state index in [2.05, 4.69) is 15.0 Å². The Kier molecular flexibility index (Phi) is 2.55. The molecule has 72 valence electrons. The molecular formula is C10H11N3O. The molecule has 2 aromatic heterocycles. The van der Waals surface area contributed by atoms with E-state index in [0.717, 1.165) is 17.1 Å². The number of imidazole rings is 1. The summed E-state index contributed by atoms with van der Waals surface area (Å²) < 4.78 is 0. The van der Waals surface area contributed by atoms with Crippen molar-refractivity contribution in [2.45, 2.75) is 13.0 Å². The molecule has 4 nitrogen and oxygen atoms in total. The highest BCUT2D eigenvalue weighted by molar-refractivity contribution is 5.15. The number of aromatic nitrogens is 3. The van der Waals surface area contributed by atoms with Crippen LogP contribution < -0.4 is 0 Å². The summed E-state index contributed by atoms with van der Waals surface area (Å²) in [4.78, 5) is 11.2. The highest BCUT2D eigenvalue weighted by Gasteiger charge is 2.00. The minimum atomic E-state index is 0.0000394. The summed E-state index contributed by atoms with van der Waals surface area (Å²) in [6.45, 7) is 0.0000394. The number of aromatic amines is 1. The highest BCUT2D eigenvalue weighted by Crippen LogP contribution is 2.04. The van der Waals surface area contributed by atoms with Crippen molar-refractivity contribution in [1.82, 2.24) is 15.0 Å². The van der Waals surface area contributed by atoms with Gasteiger partial charge in [0.1, 0.15) is 5.82 Å². The van der Waals surface area contributed by atoms with E-state index in [1.807, 2.05) is 12.1 Å². The molecule has 14 heavy (non-hydrogen) atoms. The van der Waals surface area contributed by atoms with Crippen LogP contribution in [-0.2, 0) is 13.0 Å². The molecule has 0 atom stereocenters. The molecular weight excluding hydrogens is 178 g/mol. The fraction of sp³-hybridized carbons (Fsp3) is 0.200. The van der Waals surface area contributed by atoms with Crippen LogP contribution in [0.2, 0.25) is 0 Å². The van der Waals surface area contributed by atoms with Crippen LogP contribution in [0.3, 0.4) is 0 Å². The van der Waals surface area contributed by atoms with Crippen molar-refractivity contribution in [3.05, 3.63) is 47.8 Å². The average Bonchev–Trinajstić information content (AvgIpc) is 2.67. The molecule has 0 aromatic carbocycles. The van der Waals surface area contributed by atoms with Gasteiger partial charge in [-0.3, -0.25) is 4.98 Å². The molecule has 2 heterocycles. The fourth-order valence-corrected chi connectivity index (χ4v) is 1.27. The molecule has 0 aliphatic rings. The van der Waals surface area contributed by atoms with E-state index in [1.54, 1.807) is 18.6 Å². The summed E-state index contributed by atoms with van der Waals surface area (Å²) in [5.41, 5.74) is 1.84. The van der Waals surface area contributed by atoms with Gasteiger partial charge in [0.2, 0.25) is 0 Å². The van der Waals surface area contributed by atoms with E-state index in [0.29, 0.717) is 6.42 Å². The number of nitrogens with one attached hydrogen (secondary N) is 1. The summed E-state index contributed by atoms with van der Waals surface area (Å²) in [7, 11) is 0. The van der Waals surface area contributed by atoms with Crippen LogP contribution >= 0.6 is 0 Å². The number of aliphatic hydroxyl groups excluding tert-OH is 1. The molecule has 2 rings (SSSR count). The van der Waals surface area contributed by atoms with Crippen molar-refractivity contribution in [1.29, 1.82) is 0 Å². The lowest BCUT2D eigenvalue weighted by atomic mass is 10.2. The standard InChI is InChI=1S/C10H11N3O/c14-7-9-6-12-10(13-9)4-8-2-1-3-11-5-8/h1-3,5-6,14H,4,7H2,(H,12,13). The first-order chi connectivity index (χ1) is 6.88. The van der Waals surface area contributed by atoms with Gasteiger partial charge in [0.05, 0.1) is 18.5 Å². The van der Waals surface area contributed by atoms with E-state index in [4.69, 9.17) is 5.11 Å². The number of hydrogen-bond acceptors (Lipinski definition) is 3. The summed E-state index contributed by atoms with van der Waals surface area (Å²) in [6.07, 6.45) is 5.91. The first-order valence-corrected chi connectivity index (χ1v) is 4.41. The Morgan fingerprint density at radius 2 is 2.29 bits per heavy atom. The summed E-state index contributed by atoms with van der Waals surface area (Å²) in [6, 6.07) is 3.89. The molecule has 2 aromatic rings. The zero-order chi connectivity index (χ0) is 9.80. The second-order valence-corrected chi connectivity index (χ2v) is 3.05. The van der Waals surface area contributed by atoms with Gasteiger partial charge in [-0.05, 0) is 11.6 Å². The fourth-order valence-electron chi connectivity index (χ4n) is 1.27. The maximum atomic E-state index is 8.83. The SMILES string of the molecule is OCc1cnc(Cc2cccnc2)[nH]1. The molecule has 4 heteroatoms. The van der Waals surface area contributed by atoms with Crippen molar-refractivity contribution < 1.29 is 5.11 Å². The van der Waals surface area contributed by atoms with Crippen molar-refractivity contribution in [3.8, 4) is 0 Å². The van der Waals surface area contributed by atoms with Crippen LogP contribution in [0.4, 0.5) is 0 Å². The number of pyridine rings is 1. The zero-order valence-corrected chi connectivity index (χ0v) is 7.64. The zero-order valence-electron chi connectivity index (χ0n) is 7.64. The van der Waals surface area contributed by atoms with Crippen LogP contribution in [0.15, 0.2) is 30.7 Å². The van der Waals surface area contributed by atoms with Gasteiger partial charge in [-0.1, -0.05) is 6.07 Å². The van der Waals surface area contributed by atoms with Gasteiger partial charge in [-0.2, -0.15) is 0 Å². The molecule has 2 N–H and O–H groups in total. The van der Waals surface area contributed by atoms with Crippen molar-refractivity contribution in [3.63, 3.8) is 0 Å². The lowest BCUT2D eigenvalue weighted by Crippen LogP contribution is -1.91. The third kappa shape index (κ3) is 1.97. The van der Waals surface area contributed by atoms with Crippen molar-refractivity contribution in [2.24, 2.45) is 0 Å². The van der Waals surface area contributed by atoms with Crippen LogP contribution in [0.1, 0.15) is 17.1 Å². The summed E-state index contributed by atoms with van der Waals surface area (Å²) in [5, 5.41) is 8.83. The number of H-pyrrole nitrogens is 1. The minimum Gasteiger partial charge on any atom is -0.390 e. The van der Waals surface area contributed by atoms with Crippen LogP contribution in [-0.4, -0.2) is 20.1 Å². The Labute approximate surface area is 81.7 Å². The predicted molar refractivity (Wildman–Crippen MR) is 51.6 cm³/mol. The van der Waals surface area contributed by atoms with Gasteiger partial charge in [-0.15, -0.1) is 0 Å². The Balaban J connectivity index is 2.11. The summed E-state index contributed by atoms with van der Waals surface area (Å²) in [5.74, 6) is 0.849. The largest absolute Gasteiger partial charge is 0.390 e.